The summed E-state index contributed by atoms with van der Waals surface area (Å²) >= 11 is 15.4. The third kappa shape index (κ3) is 14.3. The van der Waals surface area contributed by atoms with E-state index in [2.05, 4.69) is 449 Å². The van der Waals surface area contributed by atoms with Crippen LogP contribution in [0.4, 0.5) is 62.6 Å². The van der Waals surface area contributed by atoms with Gasteiger partial charge in [0, 0.05) is 88.7 Å². The molecule has 132 heavy (non-hydrogen) atoms. The van der Waals surface area contributed by atoms with Crippen molar-refractivity contribution in [3.8, 4) is 55.6 Å². The Hall–Kier alpha value is -15.6. The number of anilines is 11. The van der Waals surface area contributed by atoms with Crippen molar-refractivity contribution in [3.63, 3.8) is 0 Å². The fourth-order valence-corrected chi connectivity index (χ4v) is 22.1. The molecule has 19 aromatic rings. The lowest BCUT2D eigenvalue weighted by Crippen LogP contribution is -2.27. The van der Waals surface area contributed by atoms with Gasteiger partial charge in [-0.2, -0.15) is 0 Å². The fourth-order valence-electron chi connectivity index (χ4n) is 21.2. The molecule has 0 heterocycles. The number of nitrogens with one attached hydrogen (secondary N) is 2. The number of benzene rings is 19. The van der Waals surface area contributed by atoms with E-state index in [1.807, 2.05) is 84.9 Å². The zero-order chi connectivity index (χ0) is 88.0. The lowest BCUT2D eigenvalue weighted by Gasteiger charge is -2.32. The molecule has 7 aliphatic rings. The first-order valence-electron chi connectivity index (χ1n) is 44.3. The predicted octanol–water partition coefficient (Wildman–Crippen LogP) is 33.8. The maximum absolute atomic E-state index is 6.50. The minimum absolute atomic E-state index is 0. The third-order valence-corrected chi connectivity index (χ3v) is 27.3. The Bertz CT molecular complexity index is 7540. The number of hydrogen-bond acceptors (Lipinski definition) is 5. The second kappa shape index (κ2) is 35.4. The van der Waals surface area contributed by atoms with Crippen LogP contribution in [0.15, 0.2) is 501 Å². The van der Waals surface area contributed by atoms with Crippen LogP contribution in [-0.2, 0) is 16.2 Å². The number of nitrogen functional groups attached to an aromatic ring is 1. The van der Waals surface area contributed by atoms with E-state index in [9.17, 15) is 0 Å². The number of halogens is 3. The molecule has 3 spiro atoms. The summed E-state index contributed by atoms with van der Waals surface area (Å²) in [5.41, 5.74) is 47.9. The van der Waals surface area contributed by atoms with Crippen LogP contribution in [0, 0.1) is 6.08 Å². The van der Waals surface area contributed by atoms with Crippen LogP contribution in [0.5, 0.6) is 0 Å². The SMILES string of the molecule is C.Clc1cccc(Br)c1.Clc1cccc(N(c2ccccc2)c2ccc3c(c2)C2(c4ccccc4-c4ccccc42)c2ccccc2-3)c1.Nc1ccccc1.[C+]1=CC2=C(C=C1)C1(c3ccccc32)c2ccccc2-c2ccc(Nc3ccccc3)cc21.c1ccc(Nc2cccc(N(c3ccccc3)c3ccc4c(c3)C3(c5ccccc5-c5ccccc53)c3ccccc3-4)c2)cc1. The van der Waals surface area contributed by atoms with E-state index in [0.29, 0.717) is 0 Å². The molecule has 0 amide bonds. The highest BCUT2D eigenvalue weighted by molar-refractivity contribution is 9.10. The molecule has 0 bridgehead atoms. The van der Waals surface area contributed by atoms with Gasteiger partial charge in [0.2, 0.25) is 0 Å². The van der Waals surface area contributed by atoms with Gasteiger partial charge in [0.1, 0.15) is 12.2 Å². The molecule has 5 nitrogen and oxygen atoms in total. The molecule has 1 atom stereocenters. The lowest BCUT2D eigenvalue weighted by molar-refractivity contribution is 0.786. The third-order valence-electron chi connectivity index (χ3n) is 26.3. The molecule has 26 rings (SSSR count). The second-order valence-electron chi connectivity index (χ2n) is 33.5. The highest BCUT2D eigenvalue weighted by atomic mass is 79.9. The number of nitrogens with zero attached hydrogens (tertiary/aromatic N) is 2. The van der Waals surface area contributed by atoms with Crippen LogP contribution in [0.2, 0.25) is 10.0 Å². The minimum Gasteiger partial charge on any atom is -0.399 e. The Kier molecular flexibility index (Phi) is 22.4. The first kappa shape index (κ1) is 83.3. The topological polar surface area (TPSA) is 56.6 Å². The standard InChI is InChI=1S/C43H30N2.C37H24ClN.C31H20N.C6H4BrCl.C6H7N.CH4/c1-3-14-30(15-4-1)44-31-16-13-19-33(28-31)45(32-17-5-2-6-18-32)34-26-27-38-37-22-9-12-25-41(37)43(42(38)29-34)39-23-10-7-20-35(39)36-21-8-11-24-40(36)43;38-25-11-10-14-27(23-25)39(26-12-2-1-3-13-26)28-21-22-32-31-17-6-9-20-35(31)37(36(32)24-28)33-18-7-4-15-29(33)30-16-5-8-19-34(30)37;1-2-10-21(11-3-1)32-22-18-19-26-25-14-6-9-17-29(25)31(30(26)20-22)27-15-7-4-12-23(27)24-13-5-8-16-28(24)31;7-5-2-1-3-6(8)4-5;7-6-4-2-1-3-5-6;/h1-29,44H;1-24H;1-4,6-20,32H;1-4H;1-5H,7H2;1H4/q;;+1;;;. The van der Waals surface area contributed by atoms with E-state index in [4.69, 9.17) is 28.9 Å². The van der Waals surface area contributed by atoms with Crippen LogP contribution in [0.1, 0.15) is 74.2 Å². The molecule has 630 valence electrons. The molecule has 0 radical (unpaired) electrons. The molecule has 0 fully saturated rings. The highest BCUT2D eigenvalue weighted by Gasteiger charge is 2.57. The number of allylic oxidation sites excluding steroid dienone is 6. The molecule has 7 aliphatic carbocycles. The predicted molar refractivity (Wildman–Crippen MR) is 558 cm³/mol. The molecule has 0 aromatic heterocycles. The summed E-state index contributed by atoms with van der Waals surface area (Å²) in [6.07, 6.45) is 9.79. The molecule has 0 saturated heterocycles. The van der Waals surface area contributed by atoms with Gasteiger partial charge in [0.15, 0.2) is 0 Å². The van der Waals surface area contributed by atoms with E-state index in [-0.39, 0.29) is 23.7 Å². The summed E-state index contributed by atoms with van der Waals surface area (Å²) in [7, 11) is 0. The van der Waals surface area contributed by atoms with Crippen molar-refractivity contribution in [2.75, 3.05) is 26.2 Å². The van der Waals surface area contributed by atoms with E-state index < -0.39 is 0 Å². The van der Waals surface area contributed by atoms with Gasteiger partial charge >= 0.3 is 0 Å². The maximum Gasteiger partial charge on any atom is 0.111 e. The number of para-hydroxylation sites is 5. The molecular weight excluding hydrogens is 1710 g/mol. The summed E-state index contributed by atoms with van der Waals surface area (Å²) < 4.78 is 1.02. The van der Waals surface area contributed by atoms with Crippen molar-refractivity contribution >= 4 is 107 Å². The average molecular weight is 1800 g/mol. The van der Waals surface area contributed by atoms with Crippen LogP contribution in [0.25, 0.3) is 61.2 Å². The molecule has 4 N–H and O–H groups in total. The Morgan fingerprint density at radius 3 is 0.924 bits per heavy atom. The first-order valence-corrected chi connectivity index (χ1v) is 45.8. The average Bonchev–Trinajstić information content (AvgIpc) is 1.52. The Labute approximate surface area is 790 Å². The number of nitrogens with two attached hydrogens (primary N) is 1. The van der Waals surface area contributed by atoms with Crippen molar-refractivity contribution in [2.45, 2.75) is 23.7 Å². The van der Waals surface area contributed by atoms with Crippen LogP contribution in [-0.4, -0.2) is 0 Å². The summed E-state index contributed by atoms with van der Waals surface area (Å²) in [6.45, 7) is 0. The Morgan fingerprint density at radius 2 is 0.538 bits per heavy atom. The van der Waals surface area contributed by atoms with Gasteiger partial charge in [-0.25, -0.2) is 0 Å². The minimum atomic E-state index is -0.381. The number of fused-ring (bicyclic) bond motifs is 29. The van der Waals surface area contributed by atoms with Crippen molar-refractivity contribution < 1.29 is 0 Å². The summed E-state index contributed by atoms with van der Waals surface area (Å²) in [5, 5.41) is 8.68. The first-order chi connectivity index (χ1) is 64.6. The molecule has 0 saturated carbocycles. The van der Waals surface area contributed by atoms with Crippen molar-refractivity contribution in [2.24, 2.45) is 0 Å². The zero-order valence-electron chi connectivity index (χ0n) is 71.4. The smallest absolute Gasteiger partial charge is 0.111 e. The second-order valence-corrected chi connectivity index (χ2v) is 35.3. The van der Waals surface area contributed by atoms with Gasteiger partial charge in [-0.1, -0.05) is 362 Å². The normalized spacial score (nSPS) is 14.0. The van der Waals surface area contributed by atoms with Gasteiger partial charge in [-0.3, -0.25) is 0 Å². The Morgan fingerprint density at radius 1 is 0.242 bits per heavy atom. The van der Waals surface area contributed by atoms with Gasteiger partial charge < -0.3 is 26.2 Å². The quantitative estimate of drug-likeness (QED) is 0.0941. The van der Waals surface area contributed by atoms with E-state index in [1.165, 1.54) is 134 Å². The van der Waals surface area contributed by atoms with Crippen molar-refractivity contribution in [3.05, 3.63) is 584 Å². The van der Waals surface area contributed by atoms with Gasteiger partial charge in [-0.05, 0) is 275 Å². The van der Waals surface area contributed by atoms with Gasteiger partial charge in [0.05, 0.1) is 33.5 Å². The van der Waals surface area contributed by atoms with E-state index in [0.717, 1.165) is 77.1 Å². The molecule has 1 unspecified atom stereocenters. The molecule has 19 aromatic carbocycles. The number of rotatable bonds is 10. The van der Waals surface area contributed by atoms with Crippen LogP contribution in [0.3, 0.4) is 0 Å². The van der Waals surface area contributed by atoms with Gasteiger partial charge in [-0.15, -0.1) is 0 Å². The fraction of sp³-hybridized carbons (Fsp3) is 0.0323. The van der Waals surface area contributed by atoms with E-state index in [1.54, 1.807) is 0 Å². The molecule has 8 heteroatoms. The van der Waals surface area contributed by atoms with E-state index >= 15 is 0 Å². The maximum atomic E-state index is 6.50. The summed E-state index contributed by atoms with van der Waals surface area (Å²) in [6, 6.07) is 168. The van der Waals surface area contributed by atoms with Gasteiger partial charge in [0.25, 0.3) is 0 Å². The van der Waals surface area contributed by atoms with Crippen LogP contribution >= 0.6 is 39.1 Å². The zero-order valence-corrected chi connectivity index (χ0v) is 74.5. The highest BCUT2D eigenvalue weighted by Crippen LogP contribution is 2.67. The monoisotopic (exact) mass is 1800 g/mol. The summed E-state index contributed by atoms with van der Waals surface area (Å²) in [5.74, 6) is 0. The Balaban J connectivity index is 0.000000111. The van der Waals surface area contributed by atoms with Crippen molar-refractivity contribution in [1.29, 1.82) is 0 Å². The summed E-state index contributed by atoms with van der Waals surface area (Å²) in [4.78, 5) is 4.68. The molecule has 0 aliphatic heterocycles. The lowest BCUT2D eigenvalue weighted by atomic mass is 9.69. The largest absolute Gasteiger partial charge is 0.399 e. The van der Waals surface area contributed by atoms with Crippen LogP contribution < -0.4 is 26.2 Å². The molecular formula is C124H89BrCl2N5+. The number of hydrogen-bond donors (Lipinski definition) is 3. The van der Waals surface area contributed by atoms with Crippen molar-refractivity contribution in [1.82, 2.24) is 0 Å².